The molecule has 3 aliphatic rings. The predicted molar refractivity (Wildman–Crippen MR) is 118 cm³/mol. The molecule has 0 bridgehead atoms. The van der Waals surface area contributed by atoms with Crippen molar-refractivity contribution in [1.29, 1.82) is 0 Å². The highest BCUT2D eigenvalue weighted by Gasteiger charge is 2.39. The summed E-state index contributed by atoms with van der Waals surface area (Å²) >= 11 is 0. The Morgan fingerprint density at radius 2 is 1.83 bits per heavy atom. The van der Waals surface area contributed by atoms with E-state index in [1.165, 1.54) is 22.3 Å². The summed E-state index contributed by atoms with van der Waals surface area (Å²) in [5.41, 5.74) is 6.86. The number of fused-ring (bicyclic) bond motifs is 4. The van der Waals surface area contributed by atoms with Crippen LogP contribution in [0.15, 0.2) is 29.3 Å². The van der Waals surface area contributed by atoms with Crippen molar-refractivity contribution >= 4 is 18.1 Å². The summed E-state index contributed by atoms with van der Waals surface area (Å²) in [6.45, 7) is 9.44. The Bertz CT molecular complexity index is 1020. The minimum atomic E-state index is -0.241. The first-order valence-electron chi connectivity index (χ1n) is 10.0. The zero-order valence-corrected chi connectivity index (χ0v) is 18.5. The van der Waals surface area contributed by atoms with Gasteiger partial charge in [-0.05, 0) is 69.5 Å². The van der Waals surface area contributed by atoms with Crippen LogP contribution in [0.3, 0.4) is 0 Å². The minimum Gasteiger partial charge on any atom is -0.493 e. The Balaban J connectivity index is 0.00000205. The molecule has 154 valence electrons. The first-order valence-corrected chi connectivity index (χ1v) is 10.0. The van der Waals surface area contributed by atoms with E-state index in [0.29, 0.717) is 0 Å². The molecule has 3 heterocycles. The zero-order chi connectivity index (χ0) is 19.7. The van der Waals surface area contributed by atoms with Crippen molar-refractivity contribution in [3.63, 3.8) is 0 Å². The van der Waals surface area contributed by atoms with Gasteiger partial charge in [-0.3, -0.25) is 4.99 Å². The van der Waals surface area contributed by atoms with Crippen LogP contribution in [0.2, 0.25) is 0 Å². The Kier molecular flexibility index (Phi) is 4.62. The number of rotatable bonds is 2. The van der Waals surface area contributed by atoms with Gasteiger partial charge in [0.2, 0.25) is 0 Å². The third-order valence-electron chi connectivity index (χ3n) is 5.86. The molecule has 0 aliphatic carbocycles. The Labute approximate surface area is 178 Å². The molecule has 0 unspecified atom stereocenters. The van der Waals surface area contributed by atoms with Crippen LogP contribution in [-0.4, -0.2) is 30.6 Å². The lowest BCUT2D eigenvalue weighted by molar-refractivity contribution is 0.134. The molecule has 0 N–H and O–H groups in total. The topological polar surface area (TPSA) is 40.0 Å². The average Bonchev–Trinajstić information content (AvgIpc) is 3.21. The lowest BCUT2D eigenvalue weighted by atomic mass is 9.80. The van der Waals surface area contributed by atoms with Gasteiger partial charge in [0.05, 0.1) is 25.0 Å². The molecule has 2 aromatic rings. The summed E-state index contributed by atoms with van der Waals surface area (Å²) < 4.78 is 17.7. The third kappa shape index (κ3) is 3.28. The second kappa shape index (κ2) is 6.66. The van der Waals surface area contributed by atoms with Crippen molar-refractivity contribution < 1.29 is 14.2 Å². The van der Waals surface area contributed by atoms with Gasteiger partial charge >= 0.3 is 0 Å². The molecule has 5 heteroatoms. The van der Waals surface area contributed by atoms with Crippen molar-refractivity contribution in [1.82, 2.24) is 0 Å². The number of benzene rings is 2. The molecular formula is C24H28ClNO3. The highest BCUT2D eigenvalue weighted by Crippen LogP contribution is 2.48. The molecule has 0 saturated carbocycles. The average molecular weight is 414 g/mol. The fraction of sp³-hybridized carbons (Fsp3) is 0.458. The van der Waals surface area contributed by atoms with E-state index in [-0.39, 0.29) is 23.5 Å². The van der Waals surface area contributed by atoms with Crippen LogP contribution in [0, 0.1) is 0 Å². The Morgan fingerprint density at radius 3 is 2.59 bits per heavy atom. The van der Waals surface area contributed by atoms with Gasteiger partial charge < -0.3 is 14.2 Å². The second-order valence-electron chi connectivity index (χ2n) is 9.33. The van der Waals surface area contributed by atoms with Crippen LogP contribution >= 0.6 is 12.4 Å². The van der Waals surface area contributed by atoms with Crippen LogP contribution in [0.5, 0.6) is 17.2 Å². The molecule has 0 radical (unpaired) electrons. The molecule has 29 heavy (non-hydrogen) atoms. The van der Waals surface area contributed by atoms with E-state index in [4.69, 9.17) is 19.2 Å². The molecule has 0 fully saturated rings. The Hall–Kier alpha value is -2.20. The van der Waals surface area contributed by atoms with E-state index >= 15 is 0 Å². The summed E-state index contributed by atoms with van der Waals surface area (Å²) in [7, 11) is 1.72. The number of ether oxygens (including phenoxy) is 3. The van der Waals surface area contributed by atoms with Crippen LogP contribution in [-0.2, 0) is 19.3 Å². The fourth-order valence-electron chi connectivity index (χ4n) is 4.76. The molecule has 0 aromatic heterocycles. The van der Waals surface area contributed by atoms with E-state index < -0.39 is 0 Å². The number of hydrogen-bond acceptors (Lipinski definition) is 4. The highest BCUT2D eigenvalue weighted by molar-refractivity contribution is 6.16. The first-order chi connectivity index (χ1) is 13.3. The molecule has 0 saturated heterocycles. The van der Waals surface area contributed by atoms with E-state index in [1.54, 1.807) is 7.11 Å². The van der Waals surface area contributed by atoms with Gasteiger partial charge in [0, 0.05) is 29.5 Å². The van der Waals surface area contributed by atoms with Crippen LogP contribution in [0.25, 0.3) is 0 Å². The van der Waals surface area contributed by atoms with Crippen molar-refractivity contribution in [2.24, 2.45) is 4.99 Å². The van der Waals surface area contributed by atoms with Crippen molar-refractivity contribution in [3.8, 4) is 17.2 Å². The maximum absolute atomic E-state index is 6.29. The van der Waals surface area contributed by atoms with E-state index in [2.05, 4.69) is 52.0 Å². The van der Waals surface area contributed by atoms with Gasteiger partial charge in [0.1, 0.15) is 11.4 Å². The summed E-state index contributed by atoms with van der Waals surface area (Å²) in [6.07, 6.45) is 2.71. The maximum atomic E-state index is 6.29. The van der Waals surface area contributed by atoms with Gasteiger partial charge in [-0.15, -0.1) is 12.4 Å². The van der Waals surface area contributed by atoms with Crippen LogP contribution in [0.4, 0.5) is 0 Å². The third-order valence-corrected chi connectivity index (χ3v) is 5.86. The SMILES string of the molecule is COc1cc2c(c3c1OC(C)(C)C3)C(c1ccc3c(c1)CCO3)=NC(C)(C)C2.Cl. The number of hydrogen-bond donors (Lipinski definition) is 0. The largest absolute Gasteiger partial charge is 0.493 e. The van der Waals surface area contributed by atoms with E-state index in [9.17, 15) is 0 Å². The number of methoxy groups -OCH3 is 1. The summed E-state index contributed by atoms with van der Waals surface area (Å²) in [6, 6.07) is 8.64. The lowest BCUT2D eigenvalue weighted by Crippen LogP contribution is -2.30. The molecule has 3 aliphatic heterocycles. The van der Waals surface area contributed by atoms with Crippen molar-refractivity contribution in [3.05, 3.63) is 52.1 Å². The predicted octanol–water partition coefficient (Wildman–Crippen LogP) is 4.94. The van der Waals surface area contributed by atoms with E-state index in [0.717, 1.165) is 54.4 Å². The summed E-state index contributed by atoms with van der Waals surface area (Å²) in [4.78, 5) is 5.21. The van der Waals surface area contributed by atoms with Crippen LogP contribution in [0.1, 0.15) is 55.5 Å². The van der Waals surface area contributed by atoms with Gasteiger partial charge in [-0.2, -0.15) is 0 Å². The molecule has 5 rings (SSSR count). The quantitative estimate of drug-likeness (QED) is 0.700. The maximum Gasteiger partial charge on any atom is 0.166 e. The van der Waals surface area contributed by atoms with Crippen LogP contribution < -0.4 is 14.2 Å². The Morgan fingerprint density at radius 1 is 1.03 bits per heavy atom. The number of aliphatic imine (C=N–C) groups is 1. The van der Waals surface area contributed by atoms with E-state index in [1.807, 2.05) is 0 Å². The summed E-state index contributed by atoms with van der Waals surface area (Å²) in [5.74, 6) is 2.71. The molecule has 0 atom stereocenters. The van der Waals surface area contributed by atoms with Gasteiger partial charge in [0.15, 0.2) is 11.5 Å². The minimum absolute atomic E-state index is 0. The van der Waals surface area contributed by atoms with Gasteiger partial charge in [-0.25, -0.2) is 0 Å². The number of nitrogens with zero attached hydrogens (tertiary/aromatic N) is 1. The fourth-order valence-corrected chi connectivity index (χ4v) is 4.76. The zero-order valence-electron chi connectivity index (χ0n) is 17.7. The normalized spacial score (nSPS) is 19.7. The standard InChI is InChI=1S/C24H27NO3.ClH/c1-23(2)12-16-11-19(26-5)22-17(13-24(3,4)28-22)20(16)21(25-23)15-6-7-18-14(10-15)8-9-27-18;/h6-7,10-11H,8-9,12-13H2,1-5H3;1H. The van der Waals surface area contributed by atoms with Crippen molar-refractivity contribution in [2.75, 3.05) is 13.7 Å². The molecule has 0 amide bonds. The highest BCUT2D eigenvalue weighted by atomic mass is 35.5. The smallest absolute Gasteiger partial charge is 0.166 e. The second-order valence-corrected chi connectivity index (χ2v) is 9.33. The lowest BCUT2D eigenvalue weighted by Gasteiger charge is -2.31. The molecule has 0 spiro atoms. The molecular weight excluding hydrogens is 386 g/mol. The first kappa shape index (κ1) is 20.1. The summed E-state index contributed by atoms with van der Waals surface area (Å²) in [5, 5.41) is 0. The number of halogens is 1. The molecule has 4 nitrogen and oxygen atoms in total. The monoisotopic (exact) mass is 413 g/mol. The van der Waals surface area contributed by atoms with Crippen molar-refractivity contribution in [2.45, 2.75) is 58.1 Å². The van der Waals surface area contributed by atoms with Gasteiger partial charge in [0.25, 0.3) is 0 Å². The van der Waals surface area contributed by atoms with Gasteiger partial charge in [-0.1, -0.05) is 0 Å². The molecule has 2 aromatic carbocycles.